The van der Waals surface area contributed by atoms with Crippen LogP contribution in [-0.2, 0) is 30.4 Å². The van der Waals surface area contributed by atoms with Crippen LogP contribution in [0, 0.1) is 0 Å². The molecule has 3 heterocycles. The first-order valence-electron chi connectivity index (χ1n) is 20.3. The van der Waals surface area contributed by atoms with Crippen molar-refractivity contribution in [1.29, 1.82) is 0 Å². The molecule has 3 aliphatic heterocycles. The number of amides is 6. The van der Waals surface area contributed by atoms with E-state index in [2.05, 4.69) is 16.0 Å². The normalized spacial score (nSPS) is 18.2. The molecule has 0 aliphatic carbocycles. The van der Waals surface area contributed by atoms with Crippen molar-refractivity contribution in [3.05, 3.63) is 144 Å². The number of unbranched alkanes of at least 4 members (excludes halogenated alkanes) is 2. The maximum absolute atomic E-state index is 14.5. The highest BCUT2D eigenvalue weighted by Gasteiger charge is 2.45. The zero-order chi connectivity index (χ0) is 44.8. The molecule has 0 aromatic heterocycles. The summed E-state index contributed by atoms with van der Waals surface area (Å²) in [5.74, 6) is -3.26. The minimum absolute atomic E-state index is 0.0237. The topological polar surface area (TPSA) is 162 Å². The van der Waals surface area contributed by atoms with Crippen molar-refractivity contribution in [2.24, 2.45) is 0 Å². The molecule has 4 aromatic carbocycles. The van der Waals surface area contributed by atoms with Crippen molar-refractivity contribution < 1.29 is 33.6 Å². The Morgan fingerprint density at radius 1 is 0.746 bits per heavy atom. The van der Waals surface area contributed by atoms with Crippen LogP contribution in [0.25, 0.3) is 12.2 Å². The monoisotopic (exact) mass is 927 g/mol. The molecule has 1 unspecified atom stereocenters. The first-order chi connectivity index (χ1) is 30.3. The molecule has 2 fully saturated rings. The number of fused-ring (bicyclic) bond motifs is 1. The van der Waals surface area contributed by atoms with Gasteiger partial charge in [-0.25, -0.2) is 0 Å². The molecular formula is C47H41Cl4N5O7. The number of carbonyl (C=O) groups excluding carboxylic acids is 7. The fourth-order valence-electron chi connectivity index (χ4n) is 7.81. The van der Waals surface area contributed by atoms with Crippen LogP contribution >= 0.6 is 46.4 Å². The van der Waals surface area contributed by atoms with E-state index >= 15 is 0 Å². The molecule has 4 aromatic rings. The predicted molar refractivity (Wildman–Crippen MR) is 243 cm³/mol. The minimum Gasteiger partial charge on any atom is -0.384 e. The summed E-state index contributed by atoms with van der Waals surface area (Å²) in [6, 6.07) is 22.2. The number of imide groups is 2. The molecule has 6 amide bonds. The highest BCUT2D eigenvalue weighted by atomic mass is 35.5. The van der Waals surface area contributed by atoms with E-state index in [9.17, 15) is 33.6 Å². The number of piperidine rings is 2. The van der Waals surface area contributed by atoms with E-state index in [-0.39, 0.29) is 67.5 Å². The van der Waals surface area contributed by atoms with Crippen LogP contribution < -0.4 is 16.0 Å². The Labute approximate surface area is 383 Å². The molecule has 2 atom stereocenters. The van der Waals surface area contributed by atoms with Gasteiger partial charge in [-0.1, -0.05) is 101 Å². The Morgan fingerprint density at radius 3 is 2.02 bits per heavy atom. The molecule has 0 bridgehead atoms. The molecule has 2 saturated heterocycles. The Kier molecular flexibility index (Phi) is 14.5. The molecule has 324 valence electrons. The van der Waals surface area contributed by atoms with Gasteiger partial charge in [0, 0.05) is 55.7 Å². The third kappa shape index (κ3) is 10.7. The quantitative estimate of drug-likeness (QED) is 0.0652. The zero-order valence-corrected chi connectivity index (χ0v) is 36.8. The van der Waals surface area contributed by atoms with Crippen LogP contribution in [0.5, 0.6) is 0 Å². The molecular weight excluding hydrogens is 888 g/mol. The number of hydrogen-bond donors (Lipinski definition) is 3. The first kappa shape index (κ1) is 45.2. The van der Waals surface area contributed by atoms with Crippen molar-refractivity contribution in [2.45, 2.75) is 57.0 Å². The summed E-state index contributed by atoms with van der Waals surface area (Å²) in [6.45, 7) is 0.380. The Morgan fingerprint density at radius 2 is 1.40 bits per heavy atom. The van der Waals surface area contributed by atoms with Crippen molar-refractivity contribution in [3.63, 3.8) is 0 Å². The van der Waals surface area contributed by atoms with Crippen molar-refractivity contribution >= 4 is 105 Å². The fraction of sp³-hybridized carbons (Fsp3) is 0.255. The van der Waals surface area contributed by atoms with E-state index in [4.69, 9.17) is 46.4 Å². The molecule has 0 radical (unpaired) electrons. The average Bonchev–Trinajstić information content (AvgIpc) is 3.51. The smallest absolute Gasteiger partial charge is 0.264 e. The highest BCUT2D eigenvalue weighted by Crippen LogP contribution is 2.33. The number of nitrogens with zero attached hydrogens (tertiary/aromatic N) is 2. The number of rotatable bonds is 14. The molecule has 16 heteroatoms. The van der Waals surface area contributed by atoms with E-state index in [1.54, 1.807) is 65.6 Å². The second-order valence-electron chi connectivity index (χ2n) is 15.4. The maximum atomic E-state index is 14.5. The van der Waals surface area contributed by atoms with Gasteiger partial charge in [-0.15, -0.1) is 0 Å². The number of Topliss-reactive ketones (excluding diaryl/α,β-unsaturated/α-hetero) is 1. The number of ketones is 1. The van der Waals surface area contributed by atoms with Gasteiger partial charge in [0.15, 0.2) is 5.78 Å². The van der Waals surface area contributed by atoms with Crippen LogP contribution in [0.2, 0.25) is 20.1 Å². The number of anilines is 1. The third-order valence-electron chi connectivity index (χ3n) is 11.0. The molecule has 3 N–H and O–H groups in total. The van der Waals surface area contributed by atoms with Crippen LogP contribution in [0.15, 0.2) is 96.1 Å². The fourth-order valence-corrected chi connectivity index (χ4v) is 8.42. The van der Waals surface area contributed by atoms with Crippen LogP contribution in [0.4, 0.5) is 5.69 Å². The number of halogens is 4. The molecule has 3 aliphatic rings. The molecule has 12 nitrogen and oxygen atoms in total. The Hall–Kier alpha value is -5.79. The standard InChI is InChI=1S/C47H41Cl4N5O7/c48-33-15-13-28(22-35(33)50)20-30-25-55(26-31(43(30)59)21-29-14-16-34(49)36(51)23-29)46(62)38(24-27-8-3-1-4-9-27)53-40(57)12-5-2-6-19-52-37-11-7-10-32-42(37)47(63)56(45(32)61)39-17-18-41(58)54-44(39)60/h1,3-4,7-11,13-16,20-23,38-39,52H,2,5-6,12,17-19,24-26H2,(H,53,57)(H,54,58,60)/b30-20+,31-21+/t38-,39?/m1/s1. The van der Waals surface area contributed by atoms with E-state index in [1.165, 1.54) is 6.07 Å². The number of nitrogens with one attached hydrogen (secondary N) is 3. The van der Waals surface area contributed by atoms with Gasteiger partial charge in [0.1, 0.15) is 12.1 Å². The number of likely N-dealkylation sites (tertiary alicyclic amines) is 1. The second-order valence-corrected chi connectivity index (χ2v) is 17.1. The van der Waals surface area contributed by atoms with Gasteiger partial charge in [-0.2, -0.15) is 0 Å². The van der Waals surface area contributed by atoms with Crippen molar-refractivity contribution in [1.82, 2.24) is 20.4 Å². The van der Waals surface area contributed by atoms with E-state index in [0.717, 1.165) is 10.5 Å². The van der Waals surface area contributed by atoms with Crippen molar-refractivity contribution in [2.75, 3.05) is 25.0 Å². The van der Waals surface area contributed by atoms with Crippen molar-refractivity contribution in [3.8, 4) is 0 Å². The van der Waals surface area contributed by atoms with E-state index in [1.807, 2.05) is 30.3 Å². The summed E-state index contributed by atoms with van der Waals surface area (Å²) in [7, 11) is 0. The van der Waals surface area contributed by atoms with Gasteiger partial charge in [0.2, 0.25) is 23.6 Å². The maximum Gasteiger partial charge on any atom is 0.264 e. The van der Waals surface area contributed by atoms with Gasteiger partial charge in [0.25, 0.3) is 11.8 Å². The molecule has 63 heavy (non-hydrogen) atoms. The van der Waals surface area contributed by atoms with E-state index < -0.39 is 35.7 Å². The third-order valence-corrected chi connectivity index (χ3v) is 12.4. The summed E-state index contributed by atoms with van der Waals surface area (Å²) in [5.41, 5.74) is 3.54. The molecule has 0 spiro atoms. The van der Waals surface area contributed by atoms with Gasteiger partial charge >= 0.3 is 0 Å². The van der Waals surface area contributed by atoms with Gasteiger partial charge in [-0.3, -0.25) is 43.8 Å². The van der Waals surface area contributed by atoms with Crippen LogP contribution in [0.1, 0.15) is 75.9 Å². The van der Waals surface area contributed by atoms with E-state index in [0.29, 0.717) is 73.9 Å². The zero-order valence-electron chi connectivity index (χ0n) is 33.7. The summed E-state index contributed by atoms with van der Waals surface area (Å²) in [6.07, 6.45) is 5.52. The summed E-state index contributed by atoms with van der Waals surface area (Å²) in [4.78, 5) is 95.3. The lowest BCUT2D eigenvalue weighted by Gasteiger charge is -2.33. The minimum atomic E-state index is -1.07. The largest absolute Gasteiger partial charge is 0.384 e. The lowest BCUT2D eigenvalue weighted by atomic mass is 9.93. The predicted octanol–water partition coefficient (Wildman–Crippen LogP) is 7.98. The van der Waals surface area contributed by atoms with Gasteiger partial charge in [-0.05, 0) is 84.5 Å². The van der Waals surface area contributed by atoms with Crippen LogP contribution in [0.3, 0.4) is 0 Å². The number of carbonyl (C=O) groups is 7. The van der Waals surface area contributed by atoms with Gasteiger partial charge < -0.3 is 15.5 Å². The lowest BCUT2D eigenvalue weighted by molar-refractivity contribution is -0.137. The highest BCUT2D eigenvalue weighted by molar-refractivity contribution is 6.42. The number of hydrogen-bond acceptors (Lipinski definition) is 8. The summed E-state index contributed by atoms with van der Waals surface area (Å²) < 4.78 is 0. The van der Waals surface area contributed by atoms with Gasteiger partial charge in [0.05, 0.1) is 31.2 Å². The summed E-state index contributed by atoms with van der Waals surface area (Å²) in [5, 5.41) is 9.72. The van der Waals surface area contributed by atoms with Crippen LogP contribution in [-0.4, -0.2) is 82.7 Å². The first-order valence-corrected chi connectivity index (χ1v) is 21.8. The molecule has 0 saturated carbocycles. The SMILES string of the molecule is O=C1CCC(N2C(=O)c3cccc(NCCCCCC(=O)N[C@H](Cc4ccccc4)C(=O)N4C/C(=C\c5ccc(Cl)c(Cl)c5)C(=O)/C(=C/c5ccc(Cl)c(Cl)c5)C4)c3C2=O)C(=O)N1. The second kappa shape index (κ2) is 20.2. The molecule has 7 rings (SSSR count). The average molecular weight is 930 g/mol. The number of benzene rings is 4. The lowest BCUT2D eigenvalue weighted by Crippen LogP contribution is -2.54. The Bertz CT molecular complexity index is 2510. The Balaban J connectivity index is 1.00. The summed E-state index contributed by atoms with van der Waals surface area (Å²) >= 11 is 24.9.